The monoisotopic (exact) mass is 298 g/mol. The molecule has 0 aliphatic heterocycles. The van der Waals surface area contributed by atoms with Crippen molar-refractivity contribution in [3.63, 3.8) is 0 Å². The van der Waals surface area contributed by atoms with Gasteiger partial charge in [-0.2, -0.15) is 5.10 Å². The van der Waals surface area contributed by atoms with E-state index in [0.29, 0.717) is 4.34 Å². The maximum absolute atomic E-state index is 10.5. The summed E-state index contributed by atoms with van der Waals surface area (Å²) in [6, 6.07) is 2.01. The van der Waals surface area contributed by atoms with E-state index in [1.807, 2.05) is 17.7 Å². The zero-order valence-corrected chi connectivity index (χ0v) is 12.3. The van der Waals surface area contributed by atoms with E-state index in [1.165, 1.54) is 23.1 Å². The van der Waals surface area contributed by atoms with Gasteiger partial charge in [-0.15, -0.1) is 10.2 Å². The molecule has 0 atom stereocenters. The van der Waals surface area contributed by atoms with Gasteiger partial charge in [-0.3, -0.25) is 9.48 Å². The number of rotatable bonds is 6. The van der Waals surface area contributed by atoms with E-state index in [-0.39, 0.29) is 5.75 Å². The van der Waals surface area contributed by atoms with Gasteiger partial charge in [-0.1, -0.05) is 30.0 Å². The van der Waals surface area contributed by atoms with Crippen molar-refractivity contribution < 1.29 is 9.90 Å². The van der Waals surface area contributed by atoms with Crippen molar-refractivity contribution in [1.82, 2.24) is 20.0 Å². The zero-order valence-electron chi connectivity index (χ0n) is 10.7. The largest absolute Gasteiger partial charge is 0.481 e. The van der Waals surface area contributed by atoms with Crippen molar-refractivity contribution in [2.75, 3.05) is 5.75 Å². The predicted molar refractivity (Wildman–Crippen MR) is 74.5 cm³/mol. The Balaban J connectivity index is 2.17. The van der Waals surface area contributed by atoms with Gasteiger partial charge in [0, 0.05) is 12.2 Å². The Labute approximate surface area is 118 Å². The number of carbonyl (C=O) groups is 1. The summed E-state index contributed by atoms with van der Waals surface area (Å²) in [5, 5.41) is 21.9. The van der Waals surface area contributed by atoms with Crippen molar-refractivity contribution in [2.24, 2.45) is 0 Å². The molecule has 0 unspecified atom stereocenters. The van der Waals surface area contributed by atoms with Crippen LogP contribution in [0.2, 0.25) is 0 Å². The Bertz CT molecular complexity index is 558. The molecule has 0 saturated carbocycles. The highest BCUT2D eigenvalue weighted by Crippen LogP contribution is 2.29. The molecule has 2 aromatic rings. The van der Waals surface area contributed by atoms with E-state index in [4.69, 9.17) is 5.11 Å². The number of hydrogen-bond donors (Lipinski definition) is 1. The number of aliphatic carboxylic acids is 1. The van der Waals surface area contributed by atoms with Crippen LogP contribution in [0, 0.1) is 0 Å². The number of aromatic nitrogens is 4. The number of thioether (sulfide) groups is 1. The van der Waals surface area contributed by atoms with Crippen LogP contribution in [0.5, 0.6) is 0 Å². The van der Waals surface area contributed by atoms with Crippen molar-refractivity contribution >= 4 is 29.1 Å². The average molecular weight is 298 g/mol. The van der Waals surface area contributed by atoms with Crippen LogP contribution in [0.15, 0.2) is 10.4 Å². The lowest BCUT2D eigenvalue weighted by atomic mass is 10.3. The van der Waals surface area contributed by atoms with Gasteiger partial charge < -0.3 is 5.11 Å². The summed E-state index contributed by atoms with van der Waals surface area (Å²) in [4.78, 5) is 10.5. The minimum atomic E-state index is -0.856. The fraction of sp³-hybridized carbons (Fsp3) is 0.455. The van der Waals surface area contributed by atoms with Gasteiger partial charge in [0.2, 0.25) is 0 Å². The predicted octanol–water partition coefficient (Wildman–Crippen LogP) is 2.16. The normalized spacial score (nSPS) is 10.8. The van der Waals surface area contributed by atoms with Crippen LogP contribution in [0.4, 0.5) is 0 Å². The molecule has 0 saturated heterocycles. The molecule has 0 spiro atoms. The highest BCUT2D eigenvalue weighted by molar-refractivity contribution is 8.01. The van der Waals surface area contributed by atoms with Crippen molar-refractivity contribution in [3.05, 3.63) is 11.8 Å². The Morgan fingerprint density at radius 1 is 1.47 bits per heavy atom. The summed E-state index contributed by atoms with van der Waals surface area (Å²) in [5.41, 5.74) is 1.96. The molecule has 8 heteroatoms. The third-order valence-corrected chi connectivity index (χ3v) is 4.53. The van der Waals surface area contributed by atoms with Crippen LogP contribution in [-0.2, 0) is 17.8 Å². The van der Waals surface area contributed by atoms with E-state index in [2.05, 4.69) is 22.2 Å². The van der Waals surface area contributed by atoms with Crippen LogP contribution in [0.1, 0.15) is 19.5 Å². The molecular formula is C11H14N4O2S2. The van der Waals surface area contributed by atoms with E-state index in [1.54, 1.807) is 0 Å². The molecule has 2 heterocycles. The standard InChI is InChI=1S/C11H14N4O2S2/c1-3-7-5-8(14-15(7)4-2)10-12-13-11(19-10)18-6-9(16)17/h5H,3-4,6H2,1-2H3,(H,16,17). The highest BCUT2D eigenvalue weighted by Gasteiger charge is 2.13. The summed E-state index contributed by atoms with van der Waals surface area (Å²) in [7, 11) is 0. The van der Waals surface area contributed by atoms with Crippen molar-refractivity contribution in [1.29, 1.82) is 0 Å². The summed E-state index contributed by atoms with van der Waals surface area (Å²) in [5.74, 6) is -0.858. The molecule has 0 aliphatic rings. The maximum Gasteiger partial charge on any atom is 0.313 e. The summed E-state index contributed by atoms with van der Waals surface area (Å²) < 4.78 is 2.60. The Morgan fingerprint density at radius 3 is 2.84 bits per heavy atom. The lowest BCUT2D eigenvalue weighted by molar-refractivity contribution is -0.133. The first kappa shape index (κ1) is 14.0. The number of hydrogen-bond acceptors (Lipinski definition) is 6. The minimum absolute atomic E-state index is 0.00174. The Kier molecular flexibility index (Phi) is 4.54. The first-order valence-electron chi connectivity index (χ1n) is 5.89. The molecule has 1 N–H and O–H groups in total. The number of carboxylic acids is 1. The van der Waals surface area contributed by atoms with E-state index in [9.17, 15) is 4.79 Å². The average Bonchev–Trinajstić information content (AvgIpc) is 3.02. The maximum atomic E-state index is 10.5. The summed E-state index contributed by atoms with van der Waals surface area (Å²) in [6.45, 7) is 4.95. The smallest absolute Gasteiger partial charge is 0.313 e. The minimum Gasteiger partial charge on any atom is -0.481 e. The van der Waals surface area contributed by atoms with Gasteiger partial charge in [0.1, 0.15) is 5.69 Å². The van der Waals surface area contributed by atoms with Gasteiger partial charge in [0.05, 0.1) is 5.75 Å². The first-order valence-corrected chi connectivity index (χ1v) is 7.69. The molecule has 0 aromatic carbocycles. The molecule has 102 valence electrons. The lowest BCUT2D eigenvalue weighted by Crippen LogP contribution is -2.00. The third kappa shape index (κ3) is 3.32. The summed E-state index contributed by atoms with van der Waals surface area (Å²) >= 11 is 2.55. The lowest BCUT2D eigenvalue weighted by Gasteiger charge is -1.98. The topological polar surface area (TPSA) is 80.9 Å². The highest BCUT2D eigenvalue weighted by atomic mass is 32.2. The van der Waals surface area contributed by atoms with Crippen LogP contribution < -0.4 is 0 Å². The molecule has 0 fully saturated rings. The van der Waals surface area contributed by atoms with Crippen LogP contribution in [0.3, 0.4) is 0 Å². The Morgan fingerprint density at radius 2 is 2.26 bits per heavy atom. The van der Waals surface area contributed by atoms with Gasteiger partial charge in [-0.05, 0) is 19.4 Å². The number of carboxylic acid groups (broad SMARTS) is 1. The third-order valence-electron chi connectivity index (χ3n) is 2.47. The van der Waals surface area contributed by atoms with Gasteiger partial charge in [0.25, 0.3) is 0 Å². The molecule has 2 rings (SSSR count). The number of nitrogens with zero attached hydrogens (tertiary/aromatic N) is 4. The first-order chi connectivity index (χ1) is 9.13. The van der Waals surface area contributed by atoms with Crippen LogP contribution >= 0.6 is 23.1 Å². The fourth-order valence-corrected chi connectivity index (χ4v) is 3.14. The van der Waals surface area contributed by atoms with Crippen LogP contribution in [0.25, 0.3) is 10.7 Å². The van der Waals surface area contributed by atoms with Crippen molar-refractivity contribution in [2.45, 2.75) is 31.2 Å². The van der Waals surface area contributed by atoms with Crippen LogP contribution in [-0.4, -0.2) is 36.8 Å². The second kappa shape index (κ2) is 6.16. The Hall–Kier alpha value is -1.41. The number of aryl methyl sites for hydroxylation is 2. The fourth-order valence-electron chi connectivity index (χ4n) is 1.61. The molecule has 19 heavy (non-hydrogen) atoms. The molecule has 6 nitrogen and oxygen atoms in total. The quantitative estimate of drug-likeness (QED) is 0.823. The molecule has 0 radical (unpaired) electrons. The molecular weight excluding hydrogens is 284 g/mol. The van der Waals surface area contributed by atoms with Gasteiger partial charge in [0.15, 0.2) is 9.35 Å². The van der Waals surface area contributed by atoms with Crippen molar-refractivity contribution in [3.8, 4) is 10.7 Å². The SMILES string of the molecule is CCc1cc(-c2nnc(SCC(=O)O)s2)nn1CC. The van der Waals surface area contributed by atoms with E-state index < -0.39 is 5.97 Å². The summed E-state index contributed by atoms with van der Waals surface area (Å²) in [6.07, 6.45) is 0.917. The molecule has 0 amide bonds. The molecule has 0 bridgehead atoms. The van der Waals surface area contributed by atoms with E-state index >= 15 is 0 Å². The molecule has 0 aliphatic carbocycles. The van der Waals surface area contributed by atoms with Gasteiger partial charge >= 0.3 is 5.97 Å². The second-order valence-corrected chi connectivity index (χ2v) is 5.95. The van der Waals surface area contributed by atoms with E-state index in [0.717, 1.165) is 29.4 Å². The second-order valence-electron chi connectivity index (χ2n) is 3.75. The van der Waals surface area contributed by atoms with Gasteiger partial charge in [-0.25, -0.2) is 0 Å². The molecule has 2 aromatic heterocycles. The zero-order chi connectivity index (χ0) is 13.8.